The highest BCUT2D eigenvalue weighted by atomic mass is 32.2. The summed E-state index contributed by atoms with van der Waals surface area (Å²) in [5.41, 5.74) is 4.24. The molecule has 1 amide bonds. The van der Waals surface area contributed by atoms with Gasteiger partial charge in [-0.15, -0.1) is 0 Å². The minimum absolute atomic E-state index is 0.118. The smallest absolute Gasteiger partial charge is 0.243 e. The van der Waals surface area contributed by atoms with Crippen molar-refractivity contribution in [3.05, 3.63) is 85.1 Å². The summed E-state index contributed by atoms with van der Waals surface area (Å²) >= 11 is 0. The summed E-state index contributed by atoms with van der Waals surface area (Å²) in [5, 5.41) is 5.99. The number of carbonyl (C=O) groups is 1. The van der Waals surface area contributed by atoms with Crippen LogP contribution in [0.5, 0.6) is 5.75 Å². The van der Waals surface area contributed by atoms with Gasteiger partial charge in [-0.05, 0) is 66.7 Å². The van der Waals surface area contributed by atoms with Gasteiger partial charge in [-0.25, -0.2) is 18.4 Å². The fourth-order valence-electron chi connectivity index (χ4n) is 4.48. The molecule has 4 aromatic rings. The van der Waals surface area contributed by atoms with Crippen LogP contribution in [0.3, 0.4) is 0 Å². The fourth-order valence-corrected chi connectivity index (χ4v) is 5.90. The molecule has 0 unspecified atom stereocenters. The Hall–Kier alpha value is -4.48. The highest BCUT2D eigenvalue weighted by Crippen LogP contribution is 2.25. The normalized spacial score (nSPS) is 14.0. The first-order valence-electron chi connectivity index (χ1n) is 12.8. The molecule has 1 aromatic heterocycles. The summed E-state index contributed by atoms with van der Waals surface area (Å²) in [6.07, 6.45) is 1.69. The van der Waals surface area contributed by atoms with E-state index in [9.17, 15) is 13.2 Å². The summed E-state index contributed by atoms with van der Waals surface area (Å²) < 4.78 is 32.8. The second kappa shape index (κ2) is 11.7. The molecule has 1 aliphatic heterocycles. The van der Waals surface area contributed by atoms with Crippen LogP contribution in [0, 0.1) is 0 Å². The predicted molar refractivity (Wildman–Crippen MR) is 155 cm³/mol. The molecule has 10 nitrogen and oxygen atoms in total. The molecular formula is C29H30N6O4S. The SMILES string of the molecule is COc1ccc(S(=O)(=O)N2CCN(c3ccc(Nc4nccc(-c5ccc(NC(C)=O)cc5)n4)cc3)CC2)cc1. The quantitative estimate of drug-likeness (QED) is 0.328. The Balaban J connectivity index is 1.19. The van der Waals surface area contributed by atoms with Crippen LogP contribution in [-0.2, 0) is 14.8 Å². The van der Waals surface area contributed by atoms with Crippen molar-refractivity contribution in [3.63, 3.8) is 0 Å². The van der Waals surface area contributed by atoms with Gasteiger partial charge in [0, 0.05) is 61.9 Å². The maximum Gasteiger partial charge on any atom is 0.243 e. The zero-order valence-electron chi connectivity index (χ0n) is 22.2. The molecule has 0 bridgehead atoms. The Kier molecular flexibility index (Phi) is 7.94. The molecule has 0 radical (unpaired) electrons. The molecule has 0 saturated carbocycles. The Bertz CT molecular complexity index is 1570. The topological polar surface area (TPSA) is 117 Å². The highest BCUT2D eigenvalue weighted by Gasteiger charge is 2.28. The average Bonchev–Trinajstić information content (AvgIpc) is 2.98. The van der Waals surface area contributed by atoms with Crippen molar-refractivity contribution in [1.82, 2.24) is 14.3 Å². The van der Waals surface area contributed by atoms with Crippen LogP contribution in [0.25, 0.3) is 11.3 Å². The number of amides is 1. The van der Waals surface area contributed by atoms with Crippen LogP contribution < -0.4 is 20.3 Å². The third kappa shape index (κ3) is 6.22. The number of hydrogen-bond acceptors (Lipinski definition) is 8. The van der Waals surface area contributed by atoms with Gasteiger partial charge < -0.3 is 20.3 Å². The second-order valence-corrected chi connectivity index (χ2v) is 11.2. The van der Waals surface area contributed by atoms with Gasteiger partial charge in [-0.2, -0.15) is 4.31 Å². The van der Waals surface area contributed by atoms with Gasteiger partial charge in [0.2, 0.25) is 21.9 Å². The summed E-state index contributed by atoms with van der Waals surface area (Å²) in [5.74, 6) is 0.969. The number of anilines is 4. The third-order valence-electron chi connectivity index (χ3n) is 6.58. The summed E-state index contributed by atoms with van der Waals surface area (Å²) in [4.78, 5) is 22.6. The van der Waals surface area contributed by atoms with Crippen LogP contribution in [0.15, 0.2) is 90.0 Å². The molecule has 1 aliphatic rings. The number of nitrogens with zero attached hydrogens (tertiary/aromatic N) is 4. The van der Waals surface area contributed by atoms with Crippen LogP contribution >= 0.6 is 0 Å². The zero-order valence-corrected chi connectivity index (χ0v) is 23.1. The first-order chi connectivity index (χ1) is 19.3. The lowest BCUT2D eigenvalue weighted by molar-refractivity contribution is -0.114. The van der Waals surface area contributed by atoms with Gasteiger partial charge in [-0.1, -0.05) is 12.1 Å². The number of hydrogen-bond donors (Lipinski definition) is 2. The maximum absolute atomic E-state index is 13.0. The first kappa shape index (κ1) is 27.1. The van der Waals surface area contributed by atoms with E-state index in [1.807, 2.05) is 54.6 Å². The van der Waals surface area contributed by atoms with Gasteiger partial charge in [0.05, 0.1) is 17.7 Å². The number of methoxy groups -OCH3 is 1. The Morgan fingerprint density at radius 2 is 1.50 bits per heavy atom. The average molecular weight is 559 g/mol. The number of sulfonamides is 1. The van der Waals surface area contributed by atoms with Crippen molar-refractivity contribution in [2.24, 2.45) is 0 Å². The van der Waals surface area contributed by atoms with Crippen molar-refractivity contribution in [2.45, 2.75) is 11.8 Å². The Morgan fingerprint density at radius 3 is 2.12 bits per heavy atom. The van der Waals surface area contributed by atoms with E-state index in [-0.39, 0.29) is 10.8 Å². The molecule has 1 fully saturated rings. The van der Waals surface area contributed by atoms with Gasteiger partial charge in [-0.3, -0.25) is 4.79 Å². The number of ether oxygens (including phenoxy) is 1. The van der Waals surface area contributed by atoms with Gasteiger partial charge in [0.25, 0.3) is 0 Å². The summed E-state index contributed by atoms with van der Waals surface area (Å²) in [7, 11) is -2.00. The van der Waals surface area contributed by atoms with E-state index in [2.05, 4.69) is 25.5 Å². The number of aromatic nitrogens is 2. The van der Waals surface area contributed by atoms with Gasteiger partial charge in [0.1, 0.15) is 5.75 Å². The van der Waals surface area contributed by atoms with Crippen LogP contribution in [0.4, 0.5) is 23.0 Å². The molecule has 0 atom stereocenters. The molecule has 2 heterocycles. The van der Waals surface area contributed by atoms with E-state index in [0.29, 0.717) is 37.9 Å². The molecule has 0 aliphatic carbocycles. The number of benzene rings is 3. The standard InChI is InChI=1S/C29H30N6O4S/c1-21(36)31-23-5-3-22(4-6-23)28-15-16-30-29(33-28)32-24-7-9-25(10-8-24)34-17-19-35(20-18-34)40(37,38)27-13-11-26(39-2)12-14-27/h3-16H,17-20H2,1-2H3,(H,31,36)(H,30,32,33). The predicted octanol–water partition coefficient (Wildman–Crippen LogP) is 4.37. The molecule has 0 spiro atoms. The molecule has 3 aromatic carbocycles. The molecule has 2 N–H and O–H groups in total. The van der Waals surface area contributed by atoms with E-state index in [1.165, 1.54) is 11.2 Å². The lowest BCUT2D eigenvalue weighted by Crippen LogP contribution is -2.48. The molecule has 40 heavy (non-hydrogen) atoms. The number of nitrogens with one attached hydrogen (secondary N) is 2. The minimum atomic E-state index is -3.55. The van der Waals surface area contributed by atoms with E-state index >= 15 is 0 Å². The van der Waals surface area contributed by atoms with E-state index < -0.39 is 10.0 Å². The van der Waals surface area contributed by atoms with Crippen LogP contribution in [0.2, 0.25) is 0 Å². The van der Waals surface area contributed by atoms with Crippen molar-refractivity contribution in [3.8, 4) is 17.0 Å². The second-order valence-electron chi connectivity index (χ2n) is 9.26. The first-order valence-corrected chi connectivity index (χ1v) is 14.2. The van der Waals surface area contributed by atoms with Crippen molar-refractivity contribution in [2.75, 3.05) is 48.8 Å². The number of carbonyl (C=O) groups excluding carboxylic acids is 1. The molecular weight excluding hydrogens is 528 g/mol. The number of rotatable bonds is 8. The van der Waals surface area contributed by atoms with Gasteiger partial charge in [0.15, 0.2) is 0 Å². The highest BCUT2D eigenvalue weighted by molar-refractivity contribution is 7.89. The van der Waals surface area contributed by atoms with E-state index in [0.717, 1.165) is 28.3 Å². The molecule has 206 valence electrons. The van der Waals surface area contributed by atoms with Crippen LogP contribution in [-0.4, -0.2) is 61.9 Å². The summed E-state index contributed by atoms with van der Waals surface area (Å²) in [6.45, 7) is 3.46. The Labute approximate surface area is 233 Å². The monoisotopic (exact) mass is 558 g/mol. The maximum atomic E-state index is 13.0. The third-order valence-corrected chi connectivity index (χ3v) is 8.49. The van der Waals surface area contributed by atoms with Crippen molar-refractivity contribution in [1.29, 1.82) is 0 Å². The van der Waals surface area contributed by atoms with Crippen molar-refractivity contribution >= 4 is 38.9 Å². The molecule has 1 saturated heterocycles. The van der Waals surface area contributed by atoms with Crippen LogP contribution in [0.1, 0.15) is 6.92 Å². The zero-order chi connectivity index (χ0) is 28.1. The minimum Gasteiger partial charge on any atom is -0.497 e. The van der Waals surface area contributed by atoms with Crippen molar-refractivity contribution < 1.29 is 17.9 Å². The van der Waals surface area contributed by atoms with E-state index in [1.54, 1.807) is 37.6 Å². The van der Waals surface area contributed by atoms with Gasteiger partial charge >= 0.3 is 0 Å². The molecule has 5 rings (SSSR count). The largest absolute Gasteiger partial charge is 0.497 e. The lowest BCUT2D eigenvalue weighted by Gasteiger charge is -2.35. The lowest BCUT2D eigenvalue weighted by atomic mass is 10.1. The Morgan fingerprint density at radius 1 is 0.850 bits per heavy atom. The number of piperazine rings is 1. The summed E-state index contributed by atoms with van der Waals surface area (Å²) in [6, 6.07) is 23.7. The van der Waals surface area contributed by atoms with E-state index in [4.69, 9.17) is 4.74 Å². The molecule has 11 heteroatoms. The fraction of sp³-hybridized carbons (Fsp3) is 0.207.